The number of tetrazole rings is 1. The van der Waals surface area contributed by atoms with Gasteiger partial charge in [0.05, 0.1) is 11.4 Å². The summed E-state index contributed by atoms with van der Waals surface area (Å²) in [6.45, 7) is 1.45. The Labute approximate surface area is 172 Å². The molecule has 0 atom stereocenters. The summed E-state index contributed by atoms with van der Waals surface area (Å²) in [5.74, 6) is -0.123. The fraction of sp³-hybridized carbons (Fsp3) is 0.211. The van der Waals surface area contributed by atoms with Gasteiger partial charge in [-0.1, -0.05) is 11.8 Å². The second kappa shape index (κ2) is 9.20. The van der Waals surface area contributed by atoms with Crippen LogP contribution in [0.5, 0.6) is 0 Å². The molecule has 0 spiro atoms. The van der Waals surface area contributed by atoms with Gasteiger partial charge in [0.15, 0.2) is 0 Å². The van der Waals surface area contributed by atoms with Crippen LogP contribution < -0.4 is 15.5 Å². The van der Waals surface area contributed by atoms with Crippen LogP contribution in [0.15, 0.2) is 53.7 Å². The van der Waals surface area contributed by atoms with Crippen molar-refractivity contribution >= 4 is 40.6 Å². The quantitative estimate of drug-likeness (QED) is 0.575. The van der Waals surface area contributed by atoms with E-state index in [2.05, 4.69) is 26.2 Å². The van der Waals surface area contributed by atoms with Gasteiger partial charge >= 0.3 is 0 Å². The largest absolute Gasteiger partial charge is 0.378 e. The van der Waals surface area contributed by atoms with E-state index in [0.29, 0.717) is 10.8 Å². The molecule has 3 aromatic rings. The van der Waals surface area contributed by atoms with E-state index in [1.165, 1.54) is 18.7 Å². The van der Waals surface area contributed by atoms with Crippen molar-refractivity contribution < 1.29 is 9.59 Å². The van der Waals surface area contributed by atoms with Gasteiger partial charge < -0.3 is 15.5 Å². The second-order valence-electron chi connectivity index (χ2n) is 6.38. The first-order chi connectivity index (χ1) is 13.9. The highest BCUT2D eigenvalue weighted by Gasteiger charge is 2.12. The van der Waals surface area contributed by atoms with Gasteiger partial charge in [-0.25, -0.2) is 0 Å². The molecular weight excluding hydrogens is 390 g/mol. The topological polar surface area (TPSA) is 105 Å². The average molecular weight is 411 g/mol. The van der Waals surface area contributed by atoms with Crippen LogP contribution in [0.3, 0.4) is 0 Å². The highest BCUT2D eigenvalue weighted by molar-refractivity contribution is 7.99. The molecule has 0 radical (unpaired) electrons. The molecule has 9 nitrogen and oxygen atoms in total. The predicted molar refractivity (Wildman–Crippen MR) is 114 cm³/mol. The number of carbonyl (C=O) groups excluding carboxylic acids is 2. The van der Waals surface area contributed by atoms with Crippen LogP contribution in [0.2, 0.25) is 0 Å². The Morgan fingerprint density at radius 2 is 1.62 bits per heavy atom. The first-order valence-corrected chi connectivity index (χ1v) is 9.77. The van der Waals surface area contributed by atoms with Crippen molar-refractivity contribution in [2.45, 2.75) is 12.1 Å². The van der Waals surface area contributed by atoms with Crippen molar-refractivity contribution in [2.75, 3.05) is 35.4 Å². The molecule has 2 N–H and O–H groups in total. The van der Waals surface area contributed by atoms with Gasteiger partial charge in [-0.15, -0.1) is 5.10 Å². The van der Waals surface area contributed by atoms with Gasteiger partial charge in [-0.2, -0.15) is 4.68 Å². The number of nitrogens with zero attached hydrogens (tertiary/aromatic N) is 5. The third kappa shape index (κ3) is 5.55. The monoisotopic (exact) mass is 411 g/mol. The number of benzene rings is 2. The minimum atomic E-state index is -0.150. The van der Waals surface area contributed by atoms with E-state index in [9.17, 15) is 9.59 Å². The molecule has 1 heterocycles. The summed E-state index contributed by atoms with van der Waals surface area (Å²) < 4.78 is 1.54. The number of rotatable bonds is 7. The van der Waals surface area contributed by atoms with Crippen molar-refractivity contribution in [2.24, 2.45) is 0 Å². The van der Waals surface area contributed by atoms with E-state index in [-0.39, 0.29) is 17.6 Å². The number of amides is 2. The molecule has 0 fully saturated rings. The highest BCUT2D eigenvalue weighted by atomic mass is 32.2. The molecule has 29 heavy (non-hydrogen) atoms. The lowest BCUT2D eigenvalue weighted by Gasteiger charge is -2.13. The number of thioether (sulfide) groups is 1. The first kappa shape index (κ1) is 20.3. The lowest BCUT2D eigenvalue weighted by atomic mass is 10.2. The minimum absolute atomic E-state index is 0.140. The molecular formula is C19H21N7O2S. The Bertz CT molecular complexity index is 985. The number of hydrogen-bond donors (Lipinski definition) is 2. The number of aromatic nitrogens is 4. The number of nitrogens with one attached hydrogen (secondary N) is 2. The summed E-state index contributed by atoms with van der Waals surface area (Å²) >= 11 is 1.24. The zero-order valence-electron chi connectivity index (χ0n) is 16.3. The minimum Gasteiger partial charge on any atom is -0.378 e. The maximum absolute atomic E-state index is 12.3. The average Bonchev–Trinajstić information content (AvgIpc) is 3.15. The van der Waals surface area contributed by atoms with E-state index in [1.807, 2.05) is 43.3 Å². The first-order valence-electron chi connectivity index (χ1n) is 8.79. The smallest absolute Gasteiger partial charge is 0.234 e. The standard InChI is InChI=1S/C19H21N7O2S/c1-13(27)20-14-6-10-17(11-7-14)26-19(22-23-24-26)29-12-18(28)21-15-4-8-16(9-5-15)25(2)3/h4-11H,12H2,1-3H3,(H,20,27)(H,21,28). The van der Waals surface area contributed by atoms with Crippen LogP contribution >= 0.6 is 11.8 Å². The zero-order valence-corrected chi connectivity index (χ0v) is 17.1. The van der Waals surface area contributed by atoms with Crippen LogP contribution in [0.4, 0.5) is 17.1 Å². The predicted octanol–water partition coefficient (Wildman–Crippen LogP) is 2.42. The van der Waals surface area contributed by atoms with Crippen molar-refractivity contribution in [1.82, 2.24) is 20.2 Å². The Morgan fingerprint density at radius 3 is 2.24 bits per heavy atom. The van der Waals surface area contributed by atoms with Crippen LogP contribution in [0.1, 0.15) is 6.92 Å². The van der Waals surface area contributed by atoms with E-state index in [1.54, 1.807) is 28.9 Å². The molecule has 0 aliphatic heterocycles. The van der Waals surface area contributed by atoms with Crippen molar-refractivity contribution in [3.8, 4) is 5.69 Å². The molecule has 1 aromatic heterocycles. The summed E-state index contributed by atoms with van der Waals surface area (Å²) in [4.78, 5) is 25.4. The van der Waals surface area contributed by atoms with Gasteiger partial charge in [0.2, 0.25) is 17.0 Å². The SMILES string of the molecule is CC(=O)Nc1ccc(-n2nnnc2SCC(=O)Nc2ccc(N(C)C)cc2)cc1. The maximum atomic E-state index is 12.3. The van der Waals surface area contributed by atoms with Crippen molar-refractivity contribution in [1.29, 1.82) is 0 Å². The van der Waals surface area contributed by atoms with E-state index < -0.39 is 0 Å². The molecule has 2 aromatic carbocycles. The number of anilines is 3. The third-order valence-electron chi connectivity index (χ3n) is 3.87. The summed E-state index contributed by atoms with van der Waals surface area (Å²) in [6, 6.07) is 14.7. The molecule has 2 amide bonds. The summed E-state index contributed by atoms with van der Waals surface area (Å²) in [5.41, 5.74) is 3.20. The fourth-order valence-electron chi connectivity index (χ4n) is 2.49. The van der Waals surface area contributed by atoms with Crippen molar-refractivity contribution in [3.63, 3.8) is 0 Å². The van der Waals surface area contributed by atoms with Crippen LogP contribution in [-0.4, -0.2) is 51.9 Å². The lowest BCUT2D eigenvalue weighted by molar-refractivity contribution is -0.114. The third-order valence-corrected chi connectivity index (χ3v) is 4.79. The normalized spacial score (nSPS) is 10.4. The van der Waals surface area contributed by atoms with Gasteiger partial charge in [0.1, 0.15) is 0 Å². The maximum Gasteiger partial charge on any atom is 0.234 e. The second-order valence-corrected chi connectivity index (χ2v) is 7.32. The summed E-state index contributed by atoms with van der Waals surface area (Å²) in [5, 5.41) is 17.7. The van der Waals surface area contributed by atoms with Crippen molar-refractivity contribution in [3.05, 3.63) is 48.5 Å². The van der Waals surface area contributed by atoms with Gasteiger partial charge in [0.25, 0.3) is 0 Å². The summed E-state index contributed by atoms with van der Waals surface area (Å²) in [7, 11) is 3.92. The van der Waals surface area contributed by atoms with E-state index >= 15 is 0 Å². The zero-order chi connectivity index (χ0) is 20.8. The molecule has 0 aliphatic rings. The highest BCUT2D eigenvalue weighted by Crippen LogP contribution is 2.21. The van der Waals surface area contributed by atoms with Crippen LogP contribution in [0, 0.1) is 0 Å². The number of hydrogen-bond acceptors (Lipinski definition) is 7. The molecule has 150 valence electrons. The Morgan fingerprint density at radius 1 is 1.00 bits per heavy atom. The van der Waals surface area contributed by atoms with Gasteiger partial charge in [0, 0.05) is 38.1 Å². The molecule has 0 aliphatic carbocycles. The Kier molecular flexibility index (Phi) is 6.45. The molecule has 0 saturated heterocycles. The van der Waals surface area contributed by atoms with Gasteiger partial charge in [-0.05, 0) is 59.0 Å². The lowest BCUT2D eigenvalue weighted by Crippen LogP contribution is -2.15. The Hall–Kier alpha value is -3.40. The Balaban J connectivity index is 1.59. The number of carbonyl (C=O) groups is 2. The van der Waals surface area contributed by atoms with E-state index in [0.717, 1.165) is 17.1 Å². The van der Waals surface area contributed by atoms with Gasteiger partial charge in [-0.3, -0.25) is 9.59 Å². The summed E-state index contributed by atoms with van der Waals surface area (Å²) in [6.07, 6.45) is 0. The molecule has 10 heteroatoms. The molecule has 3 rings (SSSR count). The van der Waals surface area contributed by atoms with Crippen LogP contribution in [0.25, 0.3) is 5.69 Å². The molecule has 0 bridgehead atoms. The van der Waals surface area contributed by atoms with Crippen LogP contribution in [-0.2, 0) is 9.59 Å². The van der Waals surface area contributed by atoms with E-state index in [4.69, 9.17) is 0 Å². The molecule has 0 saturated carbocycles. The molecule has 0 unspecified atom stereocenters. The fourth-order valence-corrected chi connectivity index (χ4v) is 3.18.